The summed E-state index contributed by atoms with van der Waals surface area (Å²) in [7, 11) is 0. The van der Waals surface area contributed by atoms with E-state index in [0.29, 0.717) is 21.9 Å². The Labute approximate surface area is 203 Å². The van der Waals surface area contributed by atoms with Crippen molar-refractivity contribution in [1.29, 1.82) is 0 Å². The number of ether oxygens (including phenoxy) is 1. The predicted octanol–water partition coefficient (Wildman–Crippen LogP) is 2.38. The SMILES string of the molecule is C[C@@H](Oc1ccc2c(c1)oc(=O)c1ccccc12)C(=O)N[C@H](Cc1c[nH]c2ccc(O)cc12)C(=O)[O-]. The number of hydrogen-bond acceptors (Lipinski definition) is 7. The van der Waals surface area contributed by atoms with Gasteiger partial charge in [-0.15, -0.1) is 0 Å². The molecule has 9 nitrogen and oxygen atoms in total. The number of carboxylic acid groups (broad SMARTS) is 1. The van der Waals surface area contributed by atoms with Crippen molar-refractivity contribution in [2.45, 2.75) is 25.5 Å². The zero-order valence-electron chi connectivity index (χ0n) is 19.1. The first kappa shape index (κ1) is 23.0. The maximum Gasteiger partial charge on any atom is 0.344 e. The highest BCUT2D eigenvalue weighted by Gasteiger charge is 2.22. The Balaban J connectivity index is 1.32. The number of benzene rings is 3. The van der Waals surface area contributed by atoms with Crippen molar-refractivity contribution in [3.63, 3.8) is 0 Å². The van der Waals surface area contributed by atoms with E-state index in [2.05, 4.69) is 10.3 Å². The van der Waals surface area contributed by atoms with E-state index in [0.717, 1.165) is 16.3 Å². The molecular weight excluding hydrogens is 464 g/mol. The Morgan fingerprint density at radius 1 is 1.06 bits per heavy atom. The zero-order valence-corrected chi connectivity index (χ0v) is 19.1. The van der Waals surface area contributed by atoms with Crippen molar-refractivity contribution in [3.8, 4) is 11.5 Å². The van der Waals surface area contributed by atoms with Gasteiger partial charge in [-0.25, -0.2) is 4.79 Å². The van der Waals surface area contributed by atoms with E-state index >= 15 is 0 Å². The molecule has 3 aromatic carbocycles. The van der Waals surface area contributed by atoms with Crippen LogP contribution in [-0.2, 0) is 16.0 Å². The van der Waals surface area contributed by atoms with Crippen LogP contribution < -0.4 is 20.8 Å². The summed E-state index contributed by atoms with van der Waals surface area (Å²) in [5.74, 6) is -1.80. The van der Waals surface area contributed by atoms with Gasteiger partial charge in [0.1, 0.15) is 17.1 Å². The van der Waals surface area contributed by atoms with E-state index in [1.807, 2.05) is 12.1 Å². The number of hydrogen-bond donors (Lipinski definition) is 3. The summed E-state index contributed by atoms with van der Waals surface area (Å²) < 4.78 is 11.1. The fraction of sp³-hybridized carbons (Fsp3) is 0.148. The van der Waals surface area contributed by atoms with Crippen LogP contribution in [0.2, 0.25) is 0 Å². The number of fused-ring (bicyclic) bond motifs is 4. The molecule has 0 radical (unpaired) electrons. The molecule has 2 atom stereocenters. The Bertz CT molecular complexity index is 1680. The number of aromatic amines is 1. The van der Waals surface area contributed by atoms with E-state index in [1.165, 1.54) is 25.1 Å². The Morgan fingerprint density at radius 3 is 2.61 bits per heavy atom. The summed E-state index contributed by atoms with van der Waals surface area (Å²) >= 11 is 0. The predicted molar refractivity (Wildman–Crippen MR) is 131 cm³/mol. The van der Waals surface area contributed by atoms with Crippen molar-refractivity contribution in [3.05, 3.63) is 82.8 Å². The van der Waals surface area contributed by atoms with Crippen LogP contribution in [-0.4, -0.2) is 34.1 Å². The summed E-state index contributed by atoms with van der Waals surface area (Å²) in [5, 5.41) is 26.5. The van der Waals surface area contributed by atoms with Gasteiger partial charge in [0.2, 0.25) is 0 Å². The van der Waals surface area contributed by atoms with E-state index in [-0.39, 0.29) is 17.9 Å². The lowest BCUT2D eigenvalue weighted by atomic mass is 10.0. The quantitative estimate of drug-likeness (QED) is 0.237. The van der Waals surface area contributed by atoms with Crippen LogP contribution in [0.1, 0.15) is 12.5 Å². The minimum atomic E-state index is -1.45. The van der Waals surface area contributed by atoms with E-state index < -0.39 is 29.6 Å². The molecule has 0 aliphatic rings. The molecule has 0 saturated carbocycles. The third-order valence-corrected chi connectivity index (χ3v) is 6.05. The van der Waals surface area contributed by atoms with Crippen LogP contribution in [0.3, 0.4) is 0 Å². The maximum atomic E-state index is 12.8. The summed E-state index contributed by atoms with van der Waals surface area (Å²) in [5.41, 5.74) is 1.14. The van der Waals surface area contributed by atoms with Gasteiger partial charge in [-0.3, -0.25) is 4.79 Å². The molecule has 0 unspecified atom stereocenters. The van der Waals surface area contributed by atoms with Gasteiger partial charge in [0, 0.05) is 35.0 Å². The fourth-order valence-electron chi connectivity index (χ4n) is 4.23. The molecule has 2 aromatic heterocycles. The number of phenolic OH excluding ortho intramolecular Hbond substituents is 1. The molecule has 5 aromatic rings. The van der Waals surface area contributed by atoms with Gasteiger partial charge in [0.05, 0.1) is 17.4 Å². The minimum Gasteiger partial charge on any atom is -0.548 e. The molecule has 36 heavy (non-hydrogen) atoms. The number of phenols is 1. The van der Waals surface area contributed by atoms with E-state index in [1.54, 1.807) is 36.5 Å². The first-order valence-corrected chi connectivity index (χ1v) is 11.2. The third kappa shape index (κ3) is 4.34. The monoisotopic (exact) mass is 485 g/mol. The van der Waals surface area contributed by atoms with Gasteiger partial charge in [-0.1, -0.05) is 18.2 Å². The molecule has 9 heteroatoms. The fourth-order valence-corrected chi connectivity index (χ4v) is 4.23. The summed E-state index contributed by atoms with van der Waals surface area (Å²) in [6.45, 7) is 1.48. The molecule has 0 fully saturated rings. The highest BCUT2D eigenvalue weighted by atomic mass is 16.5. The lowest BCUT2D eigenvalue weighted by molar-refractivity contribution is -0.308. The minimum absolute atomic E-state index is 0.0404. The number of amides is 1. The zero-order chi connectivity index (χ0) is 25.4. The van der Waals surface area contributed by atoms with Crippen LogP contribution in [0, 0.1) is 0 Å². The maximum absolute atomic E-state index is 12.8. The molecule has 0 saturated heterocycles. The lowest BCUT2D eigenvalue weighted by Gasteiger charge is -2.22. The van der Waals surface area contributed by atoms with Crippen molar-refractivity contribution < 1.29 is 29.0 Å². The topological polar surface area (TPSA) is 145 Å². The van der Waals surface area contributed by atoms with Crippen LogP contribution in [0.4, 0.5) is 0 Å². The standard InChI is InChI=1S/C27H22N2O7/c1-14(35-17-7-8-19-18-4-2-3-5-20(18)27(34)36-24(19)12-17)25(31)29-23(26(32)33)10-15-13-28-22-9-6-16(30)11-21(15)22/h2-9,11-14,23,28,30H,10H2,1H3,(H,29,31)(H,32,33)/p-1/t14-,23-/m1/s1. The number of aromatic hydroxyl groups is 1. The highest BCUT2D eigenvalue weighted by molar-refractivity contribution is 6.04. The van der Waals surface area contributed by atoms with Gasteiger partial charge < -0.3 is 34.5 Å². The normalized spacial score (nSPS) is 13.0. The van der Waals surface area contributed by atoms with Crippen LogP contribution in [0.25, 0.3) is 32.6 Å². The number of aromatic nitrogens is 1. The highest BCUT2D eigenvalue weighted by Crippen LogP contribution is 2.27. The molecular formula is C27H21N2O7-. The first-order valence-electron chi connectivity index (χ1n) is 11.2. The second-order valence-electron chi connectivity index (χ2n) is 8.48. The summed E-state index contributed by atoms with van der Waals surface area (Å²) in [6.07, 6.45) is 0.514. The van der Waals surface area contributed by atoms with Crippen LogP contribution in [0.15, 0.2) is 76.1 Å². The molecule has 2 heterocycles. The third-order valence-electron chi connectivity index (χ3n) is 6.05. The molecule has 0 aliphatic heterocycles. The summed E-state index contributed by atoms with van der Waals surface area (Å²) in [4.78, 5) is 39.8. The Kier molecular flexibility index (Phi) is 5.81. The number of aliphatic carboxylic acids is 1. The van der Waals surface area contributed by atoms with E-state index in [4.69, 9.17) is 9.15 Å². The Morgan fingerprint density at radius 2 is 1.83 bits per heavy atom. The Hall–Kier alpha value is -4.79. The van der Waals surface area contributed by atoms with Crippen LogP contribution >= 0.6 is 0 Å². The van der Waals surface area contributed by atoms with Crippen LogP contribution in [0.5, 0.6) is 11.5 Å². The second-order valence-corrected chi connectivity index (χ2v) is 8.48. The number of rotatable bonds is 7. The molecule has 0 bridgehead atoms. The van der Waals surface area contributed by atoms with Gasteiger partial charge in [0.25, 0.3) is 5.91 Å². The molecule has 0 spiro atoms. The molecule has 0 aliphatic carbocycles. The second kappa shape index (κ2) is 9.10. The first-order chi connectivity index (χ1) is 17.3. The molecule has 5 rings (SSSR count). The average molecular weight is 485 g/mol. The number of carbonyl (C=O) groups excluding carboxylic acids is 2. The molecule has 3 N–H and O–H groups in total. The molecule has 1 amide bonds. The van der Waals surface area contributed by atoms with Crippen molar-refractivity contribution >= 4 is 44.5 Å². The number of carbonyl (C=O) groups is 2. The van der Waals surface area contributed by atoms with Gasteiger partial charge >= 0.3 is 5.63 Å². The average Bonchev–Trinajstić information content (AvgIpc) is 3.25. The number of H-pyrrole nitrogens is 1. The molecule has 182 valence electrons. The van der Waals surface area contributed by atoms with Gasteiger partial charge in [-0.05, 0) is 54.3 Å². The summed E-state index contributed by atoms with van der Waals surface area (Å²) in [6, 6.07) is 15.4. The van der Waals surface area contributed by atoms with Gasteiger partial charge in [-0.2, -0.15) is 0 Å². The largest absolute Gasteiger partial charge is 0.548 e. The lowest BCUT2D eigenvalue weighted by Crippen LogP contribution is -2.52. The number of carboxylic acids is 1. The van der Waals surface area contributed by atoms with Crippen molar-refractivity contribution in [2.24, 2.45) is 0 Å². The smallest absolute Gasteiger partial charge is 0.344 e. The van der Waals surface area contributed by atoms with Crippen molar-refractivity contribution in [1.82, 2.24) is 10.3 Å². The number of nitrogens with one attached hydrogen (secondary N) is 2. The van der Waals surface area contributed by atoms with Crippen molar-refractivity contribution in [2.75, 3.05) is 0 Å². The van der Waals surface area contributed by atoms with E-state index in [9.17, 15) is 24.6 Å². The van der Waals surface area contributed by atoms with Gasteiger partial charge in [0.15, 0.2) is 6.10 Å².